The van der Waals surface area contributed by atoms with Crippen LogP contribution < -0.4 is 21.7 Å². The lowest BCUT2D eigenvalue weighted by Gasteiger charge is -2.26. The number of nitrogens with one attached hydrogen (secondary N) is 3. The summed E-state index contributed by atoms with van der Waals surface area (Å²) >= 11 is 0. The Morgan fingerprint density at radius 2 is 1.32 bits per heavy atom. The van der Waals surface area contributed by atoms with Crippen LogP contribution >= 0.6 is 0 Å². The molecule has 5 atom stereocenters. The Morgan fingerprint density at radius 3 is 1.82 bits per heavy atom. The highest BCUT2D eigenvalue weighted by atomic mass is 16.4. The standard InChI is InChI=1S/C23H32N4O11/c1-11(28)19(22(36)25-15(23(37)38)7-9-18(32)33)27-21(35)16(10-12-2-4-13(29)5-3-12)26-20(34)14(24)6-8-17(30)31/h2-5,11,14-16,19,28-29H,6-10,24H2,1H3,(H,25,36)(H,26,34)(H,27,35)(H,30,31)(H,32,33)(H,37,38). The van der Waals surface area contributed by atoms with Gasteiger partial charge in [-0.25, -0.2) is 4.79 Å². The first-order valence-electron chi connectivity index (χ1n) is 11.5. The normalized spacial score (nSPS) is 14.7. The van der Waals surface area contributed by atoms with Crippen molar-refractivity contribution < 1.29 is 54.3 Å². The van der Waals surface area contributed by atoms with Crippen molar-refractivity contribution in [2.75, 3.05) is 0 Å². The van der Waals surface area contributed by atoms with E-state index >= 15 is 0 Å². The number of aliphatic hydroxyl groups excluding tert-OH is 1. The van der Waals surface area contributed by atoms with Crippen LogP contribution in [0.25, 0.3) is 0 Å². The van der Waals surface area contributed by atoms with Gasteiger partial charge in [-0.15, -0.1) is 0 Å². The van der Waals surface area contributed by atoms with Crippen molar-refractivity contribution in [2.24, 2.45) is 5.73 Å². The number of carbonyl (C=O) groups is 6. The molecule has 0 saturated carbocycles. The third-order valence-electron chi connectivity index (χ3n) is 5.34. The number of phenolic OH excluding ortho intramolecular Hbond substituents is 1. The number of carbonyl (C=O) groups excluding carboxylic acids is 3. The molecule has 0 aliphatic heterocycles. The predicted octanol–water partition coefficient (Wildman–Crippen LogP) is -2.09. The second-order valence-electron chi connectivity index (χ2n) is 8.53. The lowest BCUT2D eigenvalue weighted by Crippen LogP contribution is -2.60. The van der Waals surface area contributed by atoms with Crippen molar-refractivity contribution in [1.29, 1.82) is 0 Å². The number of benzene rings is 1. The zero-order chi connectivity index (χ0) is 29.0. The van der Waals surface area contributed by atoms with Crippen molar-refractivity contribution in [3.63, 3.8) is 0 Å². The molecule has 3 amide bonds. The van der Waals surface area contributed by atoms with Crippen molar-refractivity contribution in [2.45, 2.75) is 69.3 Å². The first-order valence-corrected chi connectivity index (χ1v) is 11.5. The summed E-state index contributed by atoms with van der Waals surface area (Å²) in [6, 6.07) is -0.359. The number of nitrogens with two attached hydrogens (primary N) is 1. The Hall–Kier alpha value is -4.24. The van der Waals surface area contributed by atoms with E-state index in [0.29, 0.717) is 5.56 Å². The Bertz CT molecular complexity index is 1010. The number of hydrogen-bond acceptors (Lipinski definition) is 9. The fourth-order valence-corrected chi connectivity index (χ4v) is 3.21. The highest BCUT2D eigenvalue weighted by molar-refractivity contribution is 5.94. The molecule has 0 aliphatic carbocycles. The van der Waals surface area contributed by atoms with E-state index in [1.54, 1.807) is 0 Å². The quantitative estimate of drug-likeness (QED) is 0.109. The monoisotopic (exact) mass is 540 g/mol. The van der Waals surface area contributed by atoms with Gasteiger partial charge in [-0.1, -0.05) is 12.1 Å². The minimum absolute atomic E-state index is 0.0591. The predicted molar refractivity (Wildman–Crippen MR) is 129 cm³/mol. The summed E-state index contributed by atoms with van der Waals surface area (Å²) in [5, 5.41) is 53.1. The summed E-state index contributed by atoms with van der Waals surface area (Å²) in [5.41, 5.74) is 6.19. The van der Waals surface area contributed by atoms with E-state index in [0.717, 1.165) is 6.92 Å². The van der Waals surface area contributed by atoms with Crippen molar-refractivity contribution in [3.8, 4) is 5.75 Å². The van der Waals surface area contributed by atoms with Gasteiger partial charge in [0.1, 0.15) is 23.9 Å². The molecule has 38 heavy (non-hydrogen) atoms. The first kappa shape index (κ1) is 31.8. The molecule has 0 aliphatic rings. The number of aliphatic hydroxyl groups is 1. The number of phenols is 1. The van der Waals surface area contributed by atoms with Gasteiger partial charge in [-0.2, -0.15) is 0 Å². The molecular weight excluding hydrogens is 508 g/mol. The van der Waals surface area contributed by atoms with Crippen LogP contribution in [-0.2, 0) is 35.2 Å². The minimum Gasteiger partial charge on any atom is -0.508 e. The Labute approximate surface area is 217 Å². The van der Waals surface area contributed by atoms with Gasteiger partial charge in [0, 0.05) is 19.3 Å². The number of carboxylic acid groups (broad SMARTS) is 3. The Balaban J connectivity index is 3.09. The average molecular weight is 541 g/mol. The summed E-state index contributed by atoms with van der Waals surface area (Å²) in [6.07, 6.45) is -3.33. The Kier molecular flexibility index (Phi) is 12.6. The molecule has 0 fully saturated rings. The molecule has 1 rings (SSSR count). The van der Waals surface area contributed by atoms with E-state index in [2.05, 4.69) is 16.0 Å². The van der Waals surface area contributed by atoms with Crippen LogP contribution in [0, 0.1) is 0 Å². The highest BCUT2D eigenvalue weighted by Gasteiger charge is 2.33. The number of amides is 3. The molecule has 15 heteroatoms. The molecule has 5 unspecified atom stereocenters. The van der Waals surface area contributed by atoms with Crippen LogP contribution in [0.4, 0.5) is 0 Å². The van der Waals surface area contributed by atoms with E-state index in [1.807, 2.05) is 0 Å². The maximum Gasteiger partial charge on any atom is 0.326 e. The van der Waals surface area contributed by atoms with E-state index < -0.39 is 85.2 Å². The molecule has 0 aromatic heterocycles. The molecule has 0 saturated heterocycles. The summed E-state index contributed by atoms with van der Waals surface area (Å²) in [7, 11) is 0. The maximum atomic E-state index is 13.1. The van der Waals surface area contributed by atoms with E-state index in [-0.39, 0.29) is 18.6 Å². The van der Waals surface area contributed by atoms with Crippen molar-refractivity contribution in [1.82, 2.24) is 16.0 Å². The smallest absolute Gasteiger partial charge is 0.326 e. The number of aliphatic carboxylic acids is 3. The molecule has 210 valence electrons. The Morgan fingerprint density at radius 1 is 0.789 bits per heavy atom. The summed E-state index contributed by atoms with van der Waals surface area (Å²) in [5.74, 6) is -6.99. The molecule has 0 radical (unpaired) electrons. The van der Waals surface area contributed by atoms with Gasteiger partial charge in [0.15, 0.2) is 0 Å². The number of hydrogen-bond donors (Lipinski definition) is 9. The second-order valence-corrected chi connectivity index (χ2v) is 8.53. The minimum atomic E-state index is -1.69. The molecule has 1 aromatic carbocycles. The number of aromatic hydroxyl groups is 1. The SMILES string of the molecule is CC(O)C(NC(=O)C(Cc1ccc(O)cc1)NC(=O)C(N)CCC(=O)O)C(=O)NC(CCC(=O)O)C(=O)O. The van der Waals surface area contributed by atoms with Crippen molar-refractivity contribution in [3.05, 3.63) is 29.8 Å². The second kappa shape index (κ2) is 15.1. The van der Waals surface area contributed by atoms with E-state index in [4.69, 9.17) is 15.9 Å². The third-order valence-corrected chi connectivity index (χ3v) is 5.34. The first-order chi connectivity index (χ1) is 17.7. The molecule has 15 nitrogen and oxygen atoms in total. The van der Waals surface area contributed by atoms with Crippen LogP contribution in [0.1, 0.15) is 38.2 Å². The van der Waals surface area contributed by atoms with Crippen molar-refractivity contribution >= 4 is 35.6 Å². The summed E-state index contributed by atoms with van der Waals surface area (Å²) in [6.45, 7) is 1.15. The van der Waals surface area contributed by atoms with E-state index in [1.165, 1.54) is 24.3 Å². The molecule has 10 N–H and O–H groups in total. The van der Waals surface area contributed by atoms with Gasteiger partial charge in [-0.05, 0) is 37.5 Å². The van der Waals surface area contributed by atoms with Gasteiger partial charge in [-0.3, -0.25) is 24.0 Å². The number of carboxylic acids is 3. The topological polar surface area (TPSA) is 266 Å². The van der Waals surface area contributed by atoms with Crippen LogP contribution in [-0.4, -0.2) is 91.4 Å². The van der Waals surface area contributed by atoms with Crippen LogP contribution in [0.3, 0.4) is 0 Å². The molecule has 0 bridgehead atoms. The number of rotatable bonds is 16. The zero-order valence-electron chi connectivity index (χ0n) is 20.5. The summed E-state index contributed by atoms with van der Waals surface area (Å²) < 4.78 is 0. The van der Waals surface area contributed by atoms with E-state index in [9.17, 15) is 44.1 Å². The van der Waals surface area contributed by atoms with Crippen LogP contribution in [0.2, 0.25) is 0 Å². The molecule has 0 spiro atoms. The molecule has 0 heterocycles. The largest absolute Gasteiger partial charge is 0.508 e. The van der Waals surface area contributed by atoms with Crippen LogP contribution in [0.5, 0.6) is 5.75 Å². The lowest BCUT2D eigenvalue weighted by molar-refractivity contribution is -0.144. The molecular formula is C23H32N4O11. The highest BCUT2D eigenvalue weighted by Crippen LogP contribution is 2.12. The maximum absolute atomic E-state index is 13.1. The lowest BCUT2D eigenvalue weighted by atomic mass is 10.0. The fraction of sp³-hybridized carbons (Fsp3) is 0.478. The van der Waals surface area contributed by atoms with Gasteiger partial charge in [0.05, 0.1) is 12.1 Å². The molecule has 1 aromatic rings. The van der Waals surface area contributed by atoms with Gasteiger partial charge < -0.3 is 47.2 Å². The van der Waals surface area contributed by atoms with Crippen LogP contribution in [0.15, 0.2) is 24.3 Å². The zero-order valence-corrected chi connectivity index (χ0v) is 20.5. The van der Waals surface area contributed by atoms with Gasteiger partial charge in [0.2, 0.25) is 17.7 Å². The summed E-state index contributed by atoms with van der Waals surface area (Å²) in [4.78, 5) is 71.3. The third kappa shape index (κ3) is 11.2. The van der Waals surface area contributed by atoms with Gasteiger partial charge in [0.25, 0.3) is 0 Å². The fourth-order valence-electron chi connectivity index (χ4n) is 3.21. The van der Waals surface area contributed by atoms with Gasteiger partial charge >= 0.3 is 17.9 Å². The average Bonchev–Trinajstić information content (AvgIpc) is 2.83.